The van der Waals surface area contributed by atoms with E-state index in [2.05, 4.69) is 26.1 Å². The monoisotopic (exact) mass is 352 g/mol. The lowest BCUT2D eigenvalue weighted by Gasteiger charge is -2.23. The molecule has 2 aromatic rings. The van der Waals surface area contributed by atoms with Crippen LogP contribution in [0.4, 0.5) is 11.4 Å². The molecule has 0 heterocycles. The van der Waals surface area contributed by atoms with E-state index in [0.717, 1.165) is 23.4 Å². The molecule has 4 heteroatoms. The van der Waals surface area contributed by atoms with Crippen molar-refractivity contribution in [1.82, 2.24) is 0 Å². The van der Waals surface area contributed by atoms with Crippen LogP contribution >= 0.6 is 0 Å². The molecule has 0 bridgehead atoms. The van der Waals surface area contributed by atoms with Crippen molar-refractivity contribution in [1.29, 1.82) is 0 Å². The molecule has 138 valence electrons. The van der Waals surface area contributed by atoms with Gasteiger partial charge in [-0.05, 0) is 41.2 Å². The minimum Gasteiger partial charge on any atom is -0.325 e. The summed E-state index contributed by atoms with van der Waals surface area (Å²) >= 11 is 0. The largest absolute Gasteiger partial charge is 0.325 e. The number of aryl methyl sites for hydroxylation is 1. The molecule has 0 radical (unpaired) electrons. The van der Waals surface area contributed by atoms with Crippen LogP contribution in [-0.4, -0.2) is 18.4 Å². The lowest BCUT2D eigenvalue weighted by atomic mass is 9.87. The highest BCUT2D eigenvalue weighted by Crippen LogP contribution is 2.24. The Balaban J connectivity index is 2.12. The van der Waals surface area contributed by atoms with Gasteiger partial charge in [-0.3, -0.25) is 9.59 Å². The van der Waals surface area contributed by atoms with E-state index in [4.69, 9.17) is 0 Å². The average Bonchev–Trinajstić information content (AvgIpc) is 2.59. The first-order chi connectivity index (χ1) is 12.2. The second-order valence-electron chi connectivity index (χ2n) is 7.46. The lowest BCUT2D eigenvalue weighted by molar-refractivity contribution is -0.120. The molecular weight excluding hydrogens is 324 g/mol. The van der Waals surface area contributed by atoms with E-state index in [1.807, 2.05) is 55.5 Å². The maximum atomic E-state index is 12.5. The molecule has 0 saturated carbocycles. The Morgan fingerprint density at radius 1 is 1.00 bits per heavy atom. The number of benzene rings is 2. The normalized spacial score (nSPS) is 11.1. The highest BCUT2D eigenvalue weighted by molar-refractivity contribution is 6.02. The molecule has 2 rings (SSSR count). The Hall–Kier alpha value is -2.62. The molecule has 2 amide bonds. The Bertz CT molecular complexity index is 773. The zero-order valence-electron chi connectivity index (χ0n) is 16.3. The molecule has 4 nitrogen and oxygen atoms in total. The maximum Gasteiger partial charge on any atom is 0.244 e. The van der Waals surface area contributed by atoms with E-state index in [1.54, 1.807) is 0 Å². The minimum absolute atomic E-state index is 0.00658. The Labute approximate surface area is 156 Å². The first-order valence-corrected chi connectivity index (χ1v) is 8.98. The summed E-state index contributed by atoms with van der Waals surface area (Å²) in [5, 5.41) is 2.88. The Kier molecular flexibility index (Phi) is 6.19. The first kappa shape index (κ1) is 19.7. The van der Waals surface area contributed by atoms with Crippen molar-refractivity contribution >= 4 is 23.2 Å². The van der Waals surface area contributed by atoms with Crippen LogP contribution in [0.1, 0.15) is 45.7 Å². The lowest BCUT2D eigenvalue weighted by Crippen LogP contribution is -2.37. The molecule has 0 aromatic heterocycles. The van der Waals surface area contributed by atoms with Crippen LogP contribution in [0.25, 0.3) is 0 Å². The predicted molar refractivity (Wildman–Crippen MR) is 108 cm³/mol. The van der Waals surface area contributed by atoms with E-state index in [0.29, 0.717) is 0 Å². The van der Waals surface area contributed by atoms with Crippen LogP contribution in [0.2, 0.25) is 0 Å². The number of carbonyl (C=O) groups excluding carboxylic acids is 2. The van der Waals surface area contributed by atoms with Gasteiger partial charge in [0.05, 0.1) is 0 Å². The molecule has 0 aliphatic carbocycles. The fraction of sp³-hybridized carbons (Fsp3) is 0.364. The van der Waals surface area contributed by atoms with Gasteiger partial charge >= 0.3 is 0 Å². The van der Waals surface area contributed by atoms with E-state index in [-0.39, 0.29) is 23.8 Å². The van der Waals surface area contributed by atoms with E-state index < -0.39 is 0 Å². The fourth-order valence-corrected chi connectivity index (χ4v) is 2.84. The number of nitrogens with zero attached hydrogens (tertiary/aromatic N) is 1. The van der Waals surface area contributed by atoms with Crippen LogP contribution in [0.3, 0.4) is 0 Å². The predicted octanol–water partition coefficient (Wildman–Crippen LogP) is 4.54. The van der Waals surface area contributed by atoms with Gasteiger partial charge in [0.15, 0.2) is 0 Å². The van der Waals surface area contributed by atoms with Crippen molar-refractivity contribution in [3.05, 3.63) is 59.7 Å². The second-order valence-corrected chi connectivity index (χ2v) is 7.46. The summed E-state index contributed by atoms with van der Waals surface area (Å²) in [5.41, 5.74) is 3.84. The van der Waals surface area contributed by atoms with Gasteiger partial charge in [0.25, 0.3) is 0 Å². The summed E-state index contributed by atoms with van der Waals surface area (Å²) in [7, 11) is 0. The van der Waals surface area contributed by atoms with Crippen molar-refractivity contribution in [2.45, 2.75) is 46.5 Å². The minimum atomic E-state index is -0.213. The van der Waals surface area contributed by atoms with Crippen LogP contribution in [-0.2, 0) is 21.4 Å². The third kappa shape index (κ3) is 4.94. The number of hydrogen-bond acceptors (Lipinski definition) is 2. The number of amides is 2. The smallest absolute Gasteiger partial charge is 0.244 e. The van der Waals surface area contributed by atoms with Crippen molar-refractivity contribution in [3.63, 3.8) is 0 Å². The van der Waals surface area contributed by atoms with Gasteiger partial charge in [0.2, 0.25) is 11.8 Å². The van der Waals surface area contributed by atoms with E-state index >= 15 is 0 Å². The van der Waals surface area contributed by atoms with Gasteiger partial charge in [-0.2, -0.15) is 0 Å². The molecule has 0 fully saturated rings. The highest BCUT2D eigenvalue weighted by Gasteiger charge is 2.18. The van der Waals surface area contributed by atoms with Crippen LogP contribution < -0.4 is 10.2 Å². The highest BCUT2D eigenvalue weighted by atomic mass is 16.2. The standard InChI is InChI=1S/C22H28N2O2/c1-6-17-9-7-8-10-20(17)24(16(2)25)15-21(26)23-19-13-11-18(12-14-19)22(3,4)5/h7-14H,6,15H2,1-5H3,(H,23,26). The van der Waals surface area contributed by atoms with Crippen LogP contribution in [0, 0.1) is 0 Å². The number of para-hydroxylation sites is 1. The second kappa shape index (κ2) is 8.17. The molecule has 26 heavy (non-hydrogen) atoms. The zero-order valence-corrected chi connectivity index (χ0v) is 16.3. The number of hydrogen-bond donors (Lipinski definition) is 1. The van der Waals surface area contributed by atoms with E-state index in [9.17, 15) is 9.59 Å². The Morgan fingerprint density at radius 2 is 1.62 bits per heavy atom. The molecule has 0 unspecified atom stereocenters. The molecule has 0 spiro atoms. The van der Waals surface area contributed by atoms with Gasteiger partial charge in [-0.1, -0.05) is 58.0 Å². The van der Waals surface area contributed by atoms with Crippen LogP contribution in [0.5, 0.6) is 0 Å². The summed E-state index contributed by atoms with van der Waals surface area (Å²) in [5.74, 6) is -0.362. The summed E-state index contributed by atoms with van der Waals surface area (Å²) in [6.45, 7) is 9.96. The SMILES string of the molecule is CCc1ccccc1N(CC(=O)Nc1ccc(C(C)(C)C)cc1)C(C)=O. The van der Waals surface area contributed by atoms with Gasteiger partial charge in [0, 0.05) is 18.3 Å². The number of rotatable bonds is 5. The summed E-state index contributed by atoms with van der Waals surface area (Å²) in [6, 6.07) is 15.5. The molecular formula is C22H28N2O2. The van der Waals surface area contributed by atoms with Gasteiger partial charge in [-0.15, -0.1) is 0 Å². The third-order valence-corrected chi connectivity index (χ3v) is 4.38. The summed E-state index contributed by atoms with van der Waals surface area (Å²) in [6.07, 6.45) is 0.801. The van der Waals surface area contributed by atoms with Gasteiger partial charge < -0.3 is 10.2 Å². The van der Waals surface area contributed by atoms with Crippen molar-refractivity contribution in [2.24, 2.45) is 0 Å². The summed E-state index contributed by atoms with van der Waals surface area (Å²) < 4.78 is 0. The molecule has 0 atom stereocenters. The van der Waals surface area contributed by atoms with Crippen LogP contribution in [0.15, 0.2) is 48.5 Å². The summed E-state index contributed by atoms with van der Waals surface area (Å²) in [4.78, 5) is 26.1. The van der Waals surface area contributed by atoms with Crippen molar-refractivity contribution < 1.29 is 9.59 Å². The molecule has 2 aromatic carbocycles. The average molecular weight is 352 g/mol. The van der Waals surface area contributed by atoms with Gasteiger partial charge in [0.1, 0.15) is 6.54 Å². The third-order valence-electron chi connectivity index (χ3n) is 4.38. The first-order valence-electron chi connectivity index (χ1n) is 8.98. The topological polar surface area (TPSA) is 49.4 Å². The Morgan fingerprint density at radius 3 is 2.15 bits per heavy atom. The quantitative estimate of drug-likeness (QED) is 0.859. The number of carbonyl (C=O) groups is 2. The number of nitrogens with one attached hydrogen (secondary N) is 1. The van der Waals surface area contributed by atoms with Gasteiger partial charge in [-0.25, -0.2) is 0 Å². The van der Waals surface area contributed by atoms with Crippen molar-refractivity contribution in [3.8, 4) is 0 Å². The van der Waals surface area contributed by atoms with E-state index in [1.165, 1.54) is 17.4 Å². The maximum absolute atomic E-state index is 12.5. The molecule has 0 aliphatic rings. The molecule has 0 aliphatic heterocycles. The fourth-order valence-electron chi connectivity index (χ4n) is 2.84. The van der Waals surface area contributed by atoms with Crippen molar-refractivity contribution in [2.75, 3.05) is 16.8 Å². The molecule has 0 saturated heterocycles. The number of anilines is 2. The zero-order chi connectivity index (χ0) is 19.3. The molecule has 1 N–H and O–H groups in total.